The van der Waals surface area contributed by atoms with E-state index in [1.807, 2.05) is 4.57 Å². The van der Waals surface area contributed by atoms with Crippen molar-refractivity contribution in [3.8, 4) is 0 Å². The fourth-order valence-corrected chi connectivity index (χ4v) is 3.21. The molecule has 0 spiro atoms. The molecule has 0 unspecified atom stereocenters. The van der Waals surface area contributed by atoms with E-state index in [0.717, 1.165) is 25.1 Å². The van der Waals surface area contributed by atoms with E-state index in [1.165, 1.54) is 4.90 Å². The number of aromatic nitrogens is 2. The van der Waals surface area contributed by atoms with Crippen LogP contribution in [0.4, 0.5) is 5.82 Å². The van der Waals surface area contributed by atoms with Crippen LogP contribution in [0, 0.1) is 0 Å². The number of rotatable bonds is 4. The average molecular weight is 362 g/mol. The van der Waals surface area contributed by atoms with Gasteiger partial charge >= 0.3 is 5.97 Å². The van der Waals surface area contributed by atoms with Crippen molar-refractivity contribution < 1.29 is 14.3 Å². The van der Waals surface area contributed by atoms with Crippen molar-refractivity contribution in [1.29, 1.82) is 0 Å². The number of hydrogen-bond acceptors (Lipinski definition) is 4. The van der Waals surface area contributed by atoms with E-state index in [-0.39, 0.29) is 12.5 Å². The van der Waals surface area contributed by atoms with Gasteiger partial charge in [-0.05, 0) is 38.0 Å². The standard InChI is InChI=1S/C18H20ClN3O3/c1-3-25-18(24)15-16(20-14-9-4-5-10-22(14)15)21(2)17(23)12-7-6-8-13(19)11-12/h6-8,11H,3-5,9-10H2,1-2H3. The van der Waals surface area contributed by atoms with E-state index in [0.29, 0.717) is 28.6 Å². The summed E-state index contributed by atoms with van der Waals surface area (Å²) in [5.74, 6) is 0.419. The highest BCUT2D eigenvalue weighted by Gasteiger charge is 2.30. The number of ether oxygens (including phenoxy) is 1. The van der Waals surface area contributed by atoms with Gasteiger partial charge in [-0.15, -0.1) is 0 Å². The predicted molar refractivity (Wildman–Crippen MR) is 95.3 cm³/mol. The van der Waals surface area contributed by atoms with Gasteiger partial charge in [0.25, 0.3) is 5.91 Å². The van der Waals surface area contributed by atoms with Gasteiger partial charge in [0.05, 0.1) is 6.61 Å². The number of benzene rings is 1. The largest absolute Gasteiger partial charge is 0.461 e. The van der Waals surface area contributed by atoms with Crippen LogP contribution in [0.3, 0.4) is 0 Å². The van der Waals surface area contributed by atoms with E-state index < -0.39 is 5.97 Å². The first-order valence-corrected chi connectivity index (χ1v) is 8.71. The molecule has 0 N–H and O–H groups in total. The third-order valence-corrected chi connectivity index (χ3v) is 4.46. The molecule has 1 aromatic heterocycles. The molecule has 25 heavy (non-hydrogen) atoms. The van der Waals surface area contributed by atoms with E-state index in [4.69, 9.17) is 16.3 Å². The number of hydrogen-bond donors (Lipinski definition) is 0. The molecule has 6 nitrogen and oxygen atoms in total. The number of aryl methyl sites for hydroxylation is 1. The van der Waals surface area contributed by atoms with Crippen molar-refractivity contribution in [3.63, 3.8) is 0 Å². The summed E-state index contributed by atoms with van der Waals surface area (Å²) in [5, 5.41) is 0.481. The maximum absolute atomic E-state index is 12.8. The number of esters is 1. The van der Waals surface area contributed by atoms with Crippen LogP contribution in [0.1, 0.15) is 46.4 Å². The van der Waals surface area contributed by atoms with Crippen molar-refractivity contribution in [1.82, 2.24) is 9.55 Å². The molecule has 0 radical (unpaired) electrons. The zero-order valence-corrected chi connectivity index (χ0v) is 15.0. The summed E-state index contributed by atoms with van der Waals surface area (Å²) in [6.45, 7) is 2.73. The van der Waals surface area contributed by atoms with E-state index >= 15 is 0 Å². The highest BCUT2D eigenvalue weighted by molar-refractivity contribution is 6.31. The third kappa shape index (κ3) is 3.39. The number of fused-ring (bicyclic) bond motifs is 1. The SMILES string of the molecule is CCOC(=O)c1c(N(C)C(=O)c2cccc(Cl)c2)nc2n1CCCC2. The minimum Gasteiger partial charge on any atom is -0.461 e. The van der Waals surface area contributed by atoms with Gasteiger partial charge in [0.1, 0.15) is 5.82 Å². The predicted octanol–water partition coefficient (Wildman–Crippen LogP) is 3.33. The highest BCUT2D eigenvalue weighted by Crippen LogP contribution is 2.27. The molecule has 0 saturated carbocycles. The molecule has 2 heterocycles. The summed E-state index contributed by atoms with van der Waals surface area (Å²) in [6.07, 6.45) is 2.78. The molecular weight excluding hydrogens is 342 g/mol. The fraction of sp³-hybridized carbons (Fsp3) is 0.389. The van der Waals surface area contributed by atoms with Crippen LogP contribution in [0.25, 0.3) is 0 Å². The Morgan fingerprint density at radius 2 is 2.16 bits per heavy atom. The Morgan fingerprint density at radius 3 is 2.88 bits per heavy atom. The second-order valence-corrected chi connectivity index (χ2v) is 6.34. The number of carbonyl (C=O) groups is 2. The average Bonchev–Trinajstić information content (AvgIpc) is 3.00. The van der Waals surface area contributed by atoms with Crippen LogP contribution in [0.15, 0.2) is 24.3 Å². The van der Waals surface area contributed by atoms with Gasteiger partial charge in [0.2, 0.25) is 0 Å². The van der Waals surface area contributed by atoms with Crippen LogP contribution in [0.5, 0.6) is 0 Å². The third-order valence-electron chi connectivity index (χ3n) is 4.22. The summed E-state index contributed by atoms with van der Waals surface area (Å²) in [4.78, 5) is 31.2. The van der Waals surface area contributed by atoms with Crippen molar-refractivity contribution >= 4 is 29.3 Å². The number of carbonyl (C=O) groups excluding carboxylic acids is 2. The monoisotopic (exact) mass is 361 g/mol. The molecule has 132 valence electrons. The van der Waals surface area contributed by atoms with Gasteiger partial charge in [0, 0.05) is 30.6 Å². The van der Waals surface area contributed by atoms with Crippen molar-refractivity contribution in [2.24, 2.45) is 0 Å². The maximum atomic E-state index is 12.8. The van der Waals surface area contributed by atoms with Crippen LogP contribution in [-0.2, 0) is 17.7 Å². The molecule has 0 bridgehead atoms. The summed E-state index contributed by atoms with van der Waals surface area (Å²) in [6, 6.07) is 6.71. The van der Waals surface area contributed by atoms with Crippen LogP contribution in [0.2, 0.25) is 5.02 Å². The molecule has 3 rings (SSSR count). The number of amides is 1. The number of anilines is 1. The van der Waals surface area contributed by atoms with Crippen molar-refractivity contribution in [2.45, 2.75) is 32.7 Å². The first-order valence-electron chi connectivity index (χ1n) is 8.33. The molecule has 0 fully saturated rings. The lowest BCUT2D eigenvalue weighted by Gasteiger charge is -2.18. The molecule has 0 saturated heterocycles. The molecule has 0 aliphatic carbocycles. The summed E-state index contributed by atoms with van der Waals surface area (Å²) in [5.41, 5.74) is 0.783. The second kappa shape index (κ2) is 7.27. The molecular formula is C18H20ClN3O3. The topological polar surface area (TPSA) is 64.4 Å². The Kier molecular flexibility index (Phi) is 5.08. The minimum atomic E-state index is -0.455. The molecule has 7 heteroatoms. The second-order valence-electron chi connectivity index (χ2n) is 5.90. The Hall–Kier alpha value is -2.34. The lowest BCUT2D eigenvalue weighted by Crippen LogP contribution is -2.29. The number of imidazole rings is 1. The van der Waals surface area contributed by atoms with Gasteiger partial charge < -0.3 is 9.30 Å². The Labute approximate surface area is 151 Å². The summed E-state index contributed by atoms with van der Waals surface area (Å²) < 4.78 is 7.06. The molecule has 2 aromatic rings. The van der Waals surface area contributed by atoms with Crippen molar-refractivity contribution in [3.05, 3.63) is 46.4 Å². The molecule has 1 aliphatic heterocycles. The van der Waals surface area contributed by atoms with Gasteiger partial charge in [-0.2, -0.15) is 0 Å². The fourth-order valence-electron chi connectivity index (χ4n) is 3.02. The lowest BCUT2D eigenvalue weighted by molar-refractivity contribution is 0.0513. The lowest BCUT2D eigenvalue weighted by atomic mass is 10.1. The van der Waals surface area contributed by atoms with Crippen molar-refractivity contribution in [2.75, 3.05) is 18.6 Å². The zero-order valence-electron chi connectivity index (χ0n) is 14.3. The summed E-state index contributed by atoms with van der Waals surface area (Å²) in [7, 11) is 1.61. The van der Waals surface area contributed by atoms with E-state index in [1.54, 1.807) is 38.2 Å². The highest BCUT2D eigenvalue weighted by atomic mass is 35.5. The number of nitrogens with zero attached hydrogens (tertiary/aromatic N) is 3. The zero-order chi connectivity index (χ0) is 18.0. The molecule has 0 atom stereocenters. The Balaban J connectivity index is 2.02. The van der Waals surface area contributed by atoms with Gasteiger partial charge in [-0.25, -0.2) is 9.78 Å². The van der Waals surface area contributed by atoms with Gasteiger partial charge in [-0.3, -0.25) is 9.69 Å². The first kappa shape index (κ1) is 17.5. The summed E-state index contributed by atoms with van der Waals surface area (Å²) >= 11 is 5.98. The normalized spacial score (nSPS) is 13.2. The molecule has 1 aliphatic rings. The smallest absolute Gasteiger partial charge is 0.358 e. The first-order chi connectivity index (χ1) is 12.0. The Bertz CT molecular complexity index is 816. The minimum absolute atomic E-state index is 0.269. The van der Waals surface area contributed by atoms with Crippen LogP contribution in [-0.4, -0.2) is 35.1 Å². The molecule has 1 amide bonds. The Morgan fingerprint density at radius 1 is 1.36 bits per heavy atom. The van der Waals surface area contributed by atoms with Gasteiger partial charge in [-0.1, -0.05) is 17.7 Å². The van der Waals surface area contributed by atoms with Crippen LogP contribution >= 0.6 is 11.6 Å². The van der Waals surface area contributed by atoms with Gasteiger partial charge in [0.15, 0.2) is 11.5 Å². The van der Waals surface area contributed by atoms with Crippen LogP contribution < -0.4 is 4.90 Å². The quantitative estimate of drug-likeness (QED) is 0.783. The maximum Gasteiger partial charge on any atom is 0.358 e. The van der Waals surface area contributed by atoms with E-state index in [9.17, 15) is 9.59 Å². The molecule has 1 aromatic carbocycles. The van der Waals surface area contributed by atoms with E-state index in [2.05, 4.69) is 4.98 Å². The number of halogens is 1.